The molecule has 1 fully saturated rings. The van der Waals surface area contributed by atoms with Crippen molar-refractivity contribution in [3.8, 4) is 0 Å². The monoisotopic (exact) mass is 423 g/mol. The van der Waals surface area contributed by atoms with Crippen LogP contribution in [0.2, 0.25) is 0 Å². The number of aromatic nitrogens is 1. The summed E-state index contributed by atoms with van der Waals surface area (Å²) in [6.45, 7) is 5.32. The zero-order chi connectivity index (χ0) is 15.2. The first-order valence-electron chi connectivity index (χ1n) is 7.70. The van der Waals surface area contributed by atoms with Crippen LogP contribution in [0, 0.1) is 0 Å². The highest BCUT2D eigenvalue weighted by molar-refractivity contribution is 9.11. The van der Waals surface area contributed by atoms with Gasteiger partial charge >= 0.3 is 0 Å². The van der Waals surface area contributed by atoms with E-state index in [9.17, 15) is 0 Å². The van der Waals surface area contributed by atoms with E-state index in [-0.39, 0.29) is 5.54 Å². The van der Waals surface area contributed by atoms with Crippen molar-refractivity contribution in [2.75, 3.05) is 19.6 Å². The summed E-state index contributed by atoms with van der Waals surface area (Å²) in [6, 6.07) is 10.9. The molecule has 0 amide bonds. The van der Waals surface area contributed by atoms with Crippen LogP contribution in [0.3, 0.4) is 0 Å². The van der Waals surface area contributed by atoms with Crippen LogP contribution in [-0.4, -0.2) is 29.1 Å². The molecule has 0 radical (unpaired) electrons. The number of rotatable bonds is 2. The summed E-state index contributed by atoms with van der Waals surface area (Å²) >= 11 is 7.23. The Labute approximate surface area is 147 Å². The molecule has 0 aliphatic carbocycles. The molecule has 2 aliphatic heterocycles. The maximum Gasteiger partial charge on any atom is 0.0705 e. The molecule has 1 unspecified atom stereocenters. The van der Waals surface area contributed by atoms with E-state index in [1.165, 1.54) is 22.2 Å². The minimum atomic E-state index is 0.235. The van der Waals surface area contributed by atoms with Gasteiger partial charge in [-0.05, 0) is 42.8 Å². The summed E-state index contributed by atoms with van der Waals surface area (Å²) in [7, 11) is 0. The largest absolute Gasteiger partial charge is 0.342 e. The molecule has 0 bridgehead atoms. The van der Waals surface area contributed by atoms with E-state index in [0.29, 0.717) is 0 Å². The lowest BCUT2D eigenvalue weighted by molar-refractivity contribution is 0.114. The number of nitrogens with one attached hydrogen (secondary N) is 1. The number of hydrogen-bond donors (Lipinski definition) is 1. The first kappa shape index (κ1) is 14.9. The molecule has 2 aromatic rings. The third kappa shape index (κ3) is 2.58. The van der Waals surface area contributed by atoms with Gasteiger partial charge in [-0.25, -0.2) is 0 Å². The van der Waals surface area contributed by atoms with E-state index in [4.69, 9.17) is 0 Å². The average Bonchev–Trinajstić information content (AvgIpc) is 3.12. The molecule has 3 heterocycles. The highest BCUT2D eigenvalue weighted by atomic mass is 79.9. The van der Waals surface area contributed by atoms with Crippen LogP contribution in [0.1, 0.15) is 17.7 Å². The standard InChI is InChI=1S/C17H19Br2N3/c18-14-4-3-13(16(19)8-14)9-21-10-15-2-1-7-22(15)17(12-21)5-6-20-11-17/h1-4,7-8,20H,5-6,9-12H2. The molecule has 3 nitrogen and oxygen atoms in total. The van der Waals surface area contributed by atoms with Crippen molar-refractivity contribution in [2.45, 2.75) is 25.0 Å². The van der Waals surface area contributed by atoms with Gasteiger partial charge < -0.3 is 9.88 Å². The van der Waals surface area contributed by atoms with Gasteiger partial charge in [0, 0.05) is 47.0 Å². The van der Waals surface area contributed by atoms with Gasteiger partial charge in [0.2, 0.25) is 0 Å². The first-order valence-corrected chi connectivity index (χ1v) is 9.29. The van der Waals surface area contributed by atoms with Crippen LogP contribution in [0.15, 0.2) is 45.5 Å². The third-order valence-electron chi connectivity index (χ3n) is 4.88. The second-order valence-electron chi connectivity index (χ2n) is 6.40. The van der Waals surface area contributed by atoms with Crippen molar-refractivity contribution < 1.29 is 0 Å². The molecule has 1 aromatic carbocycles. The fourth-order valence-electron chi connectivity index (χ4n) is 3.86. The van der Waals surface area contributed by atoms with Crippen LogP contribution >= 0.6 is 31.9 Å². The van der Waals surface area contributed by atoms with Gasteiger partial charge in [0.15, 0.2) is 0 Å². The van der Waals surface area contributed by atoms with Crippen molar-refractivity contribution in [1.29, 1.82) is 0 Å². The SMILES string of the molecule is Brc1ccc(CN2Cc3cccn3C3(CCNC3)C2)c(Br)c1. The lowest BCUT2D eigenvalue weighted by Crippen LogP contribution is -2.51. The minimum Gasteiger partial charge on any atom is -0.342 e. The second kappa shape index (κ2) is 5.78. The molecule has 1 spiro atoms. The van der Waals surface area contributed by atoms with Crippen LogP contribution in [0.25, 0.3) is 0 Å². The summed E-state index contributed by atoms with van der Waals surface area (Å²) in [4.78, 5) is 2.58. The Morgan fingerprint density at radius 1 is 1.23 bits per heavy atom. The van der Waals surface area contributed by atoms with Crippen LogP contribution < -0.4 is 5.32 Å². The van der Waals surface area contributed by atoms with E-state index in [0.717, 1.165) is 37.2 Å². The normalized spacial score (nSPS) is 24.8. The molecule has 0 saturated carbocycles. The maximum atomic E-state index is 3.70. The fourth-order valence-corrected chi connectivity index (χ4v) is 5.03. The van der Waals surface area contributed by atoms with E-state index < -0.39 is 0 Å². The molecule has 116 valence electrons. The number of benzene rings is 1. The first-order chi connectivity index (χ1) is 10.7. The van der Waals surface area contributed by atoms with Gasteiger partial charge in [0.25, 0.3) is 0 Å². The van der Waals surface area contributed by atoms with Gasteiger partial charge in [-0.2, -0.15) is 0 Å². The summed E-state index contributed by atoms with van der Waals surface area (Å²) in [5.74, 6) is 0. The van der Waals surface area contributed by atoms with Crippen LogP contribution in [0.5, 0.6) is 0 Å². The molecule has 1 saturated heterocycles. The number of halogens is 2. The Kier molecular flexibility index (Phi) is 3.93. The molecule has 1 aromatic heterocycles. The number of fused-ring (bicyclic) bond motifs is 2. The lowest BCUT2D eigenvalue weighted by Gasteiger charge is -2.42. The predicted octanol–water partition coefficient (Wildman–Crippen LogP) is 3.72. The van der Waals surface area contributed by atoms with Gasteiger partial charge in [-0.15, -0.1) is 0 Å². The summed E-state index contributed by atoms with van der Waals surface area (Å²) in [5, 5.41) is 3.55. The van der Waals surface area contributed by atoms with Gasteiger partial charge in [-0.1, -0.05) is 37.9 Å². The van der Waals surface area contributed by atoms with Crippen molar-refractivity contribution in [1.82, 2.24) is 14.8 Å². The highest BCUT2D eigenvalue weighted by Gasteiger charge is 2.41. The number of hydrogen-bond acceptors (Lipinski definition) is 2. The molecule has 22 heavy (non-hydrogen) atoms. The minimum absolute atomic E-state index is 0.235. The highest BCUT2D eigenvalue weighted by Crippen LogP contribution is 2.34. The molecule has 4 rings (SSSR count). The van der Waals surface area contributed by atoms with E-state index >= 15 is 0 Å². The van der Waals surface area contributed by atoms with E-state index in [1.54, 1.807) is 0 Å². The quantitative estimate of drug-likeness (QED) is 0.792. The Bertz CT molecular complexity index is 689. The summed E-state index contributed by atoms with van der Waals surface area (Å²) in [5.41, 5.74) is 3.02. The second-order valence-corrected chi connectivity index (χ2v) is 8.17. The van der Waals surface area contributed by atoms with Crippen molar-refractivity contribution >= 4 is 31.9 Å². The van der Waals surface area contributed by atoms with Gasteiger partial charge in [0.05, 0.1) is 5.54 Å². The van der Waals surface area contributed by atoms with E-state index in [1.807, 2.05) is 0 Å². The molecular weight excluding hydrogens is 406 g/mol. The summed E-state index contributed by atoms with van der Waals surface area (Å²) in [6.07, 6.45) is 3.47. The average molecular weight is 425 g/mol. The van der Waals surface area contributed by atoms with Crippen LogP contribution in [0.4, 0.5) is 0 Å². The number of nitrogens with zero attached hydrogens (tertiary/aromatic N) is 2. The fraction of sp³-hybridized carbons (Fsp3) is 0.412. The molecule has 2 aliphatic rings. The molecule has 1 atom stereocenters. The third-order valence-corrected chi connectivity index (χ3v) is 6.11. The van der Waals surface area contributed by atoms with Gasteiger partial charge in [0.1, 0.15) is 0 Å². The Balaban J connectivity index is 1.62. The molecule has 1 N–H and O–H groups in total. The lowest BCUT2D eigenvalue weighted by atomic mass is 9.94. The van der Waals surface area contributed by atoms with E-state index in [2.05, 4.69) is 83.2 Å². The zero-order valence-corrected chi connectivity index (χ0v) is 15.5. The Hall–Kier alpha value is -0.620. The van der Waals surface area contributed by atoms with Crippen molar-refractivity contribution in [3.63, 3.8) is 0 Å². The summed E-state index contributed by atoms with van der Waals surface area (Å²) < 4.78 is 4.81. The Morgan fingerprint density at radius 2 is 2.14 bits per heavy atom. The Morgan fingerprint density at radius 3 is 2.91 bits per heavy atom. The molecular formula is C17H19Br2N3. The molecule has 5 heteroatoms. The predicted molar refractivity (Wildman–Crippen MR) is 95.8 cm³/mol. The topological polar surface area (TPSA) is 20.2 Å². The van der Waals surface area contributed by atoms with Crippen LogP contribution in [-0.2, 0) is 18.6 Å². The smallest absolute Gasteiger partial charge is 0.0705 e. The maximum absolute atomic E-state index is 3.70. The van der Waals surface area contributed by atoms with Gasteiger partial charge in [-0.3, -0.25) is 4.90 Å². The van der Waals surface area contributed by atoms with Crippen molar-refractivity contribution in [2.24, 2.45) is 0 Å². The van der Waals surface area contributed by atoms with Crippen molar-refractivity contribution in [3.05, 3.63) is 56.7 Å². The zero-order valence-electron chi connectivity index (χ0n) is 12.4.